The Morgan fingerprint density at radius 1 is 1.29 bits per heavy atom. The van der Waals surface area contributed by atoms with E-state index < -0.39 is 5.82 Å². The van der Waals surface area contributed by atoms with E-state index in [2.05, 4.69) is 21.2 Å². The summed E-state index contributed by atoms with van der Waals surface area (Å²) in [5.41, 5.74) is 1.60. The van der Waals surface area contributed by atoms with Gasteiger partial charge < -0.3 is 10.4 Å². The lowest BCUT2D eigenvalue weighted by Crippen LogP contribution is -2.08. The van der Waals surface area contributed by atoms with Gasteiger partial charge in [-0.15, -0.1) is 0 Å². The highest BCUT2D eigenvalue weighted by atomic mass is 79.9. The topological polar surface area (TPSA) is 49.3 Å². The summed E-state index contributed by atoms with van der Waals surface area (Å²) in [7, 11) is 0. The Labute approximate surface area is 130 Å². The van der Waals surface area contributed by atoms with Crippen LogP contribution in [0.15, 0.2) is 53.0 Å². The molecule has 0 fully saturated rings. The summed E-state index contributed by atoms with van der Waals surface area (Å²) >= 11 is 3.25. The largest absolute Gasteiger partial charge is 0.392 e. The van der Waals surface area contributed by atoms with Crippen LogP contribution < -0.4 is 5.32 Å². The lowest BCUT2D eigenvalue weighted by Gasteiger charge is -2.04. The predicted octanol–water partition coefficient (Wildman–Crippen LogP) is 3.73. The molecular weight excluding hydrogens is 337 g/mol. The van der Waals surface area contributed by atoms with Crippen molar-refractivity contribution < 1.29 is 14.3 Å². The molecule has 0 bridgehead atoms. The van der Waals surface area contributed by atoms with Crippen molar-refractivity contribution >= 4 is 33.6 Å². The van der Waals surface area contributed by atoms with Crippen LogP contribution in [-0.4, -0.2) is 11.0 Å². The van der Waals surface area contributed by atoms with E-state index in [1.165, 1.54) is 18.2 Å². The summed E-state index contributed by atoms with van der Waals surface area (Å²) in [5, 5.41) is 11.7. The van der Waals surface area contributed by atoms with Gasteiger partial charge in [-0.25, -0.2) is 4.39 Å². The minimum absolute atomic E-state index is 0.0944. The molecule has 0 aliphatic rings. The average Bonchev–Trinajstić information content (AvgIpc) is 2.48. The van der Waals surface area contributed by atoms with Gasteiger partial charge in [-0.1, -0.05) is 28.1 Å². The fourth-order valence-electron chi connectivity index (χ4n) is 1.74. The Hall–Kier alpha value is -1.98. The Kier molecular flexibility index (Phi) is 5.25. The molecule has 0 aromatic heterocycles. The standard InChI is InChI=1S/C16H13BrFNO2/c17-13-5-6-15(18)12(9-13)4-7-16(21)19-14-3-1-2-11(8-14)10-20/h1-9,20H,10H2,(H,19,21)/b7-4+. The number of rotatable bonds is 4. The summed E-state index contributed by atoms with van der Waals surface area (Å²) < 4.78 is 14.2. The molecule has 0 aliphatic heterocycles. The van der Waals surface area contributed by atoms with Crippen molar-refractivity contribution in [3.63, 3.8) is 0 Å². The first-order valence-electron chi connectivity index (χ1n) is 6.22. The second-order valence-electron chi connectivity index (χ2n) is 4.35. The fourth-order valence-corrected chi connectivity index (χ4v) is 2.12. The normalized spacial score (nSPS) is 10.8. The second-order valence-corrected chi connectivity index (χ2v) is 5.26. The van der Waals surface area contributed by atoms with Crippen molar-refractivity contribution in [2.24, 2.45) is 0 Å². The van der Waals surface area contributed by atoms with Gasteiger partial charge in [0.25, 0.3) is 0 Å². The summed E-state index contributed by atoms with van der Waals surface area (Å²) in [6.45, 7) is -0.0944. The molecule has 2 rings (SSSR count). The Morgan fingerprint density at radius 3 is 2.86 bits per heavy atom. The number of amides is 1. The molecule has 5 heteroatoms. The van der Waals surface area contributed by atoms with E-state index >= 15 is 0 Å². The zero-order chi connectivity index (χ0) is 15.2. The lowest BCUT2D eigenvalue weighted by atomic mass is 10.2. The smallest absolute Gasteiger partial charge is 0.248 e. The van der Waals surface area contributed by atoms with Gasteiger partial charge in [-0.05, 0) is 42.0 Å². The minimum atomic E-state index is -0.399. The van der Waals surface area contributed by atoms with Gasteiger partial charge in [-0.3, -0.25) is 4.79 Å². The third-order valence-electron chi connectivity index (χ3n) is 2.75. The van der Waals surface area contributed by atoms with Gasteiger partial charge in [0.05, 0.1) is 6.61 Å². The van der Waals surface area contributed by atoms with Crippen LogP contribution in [0.3, 0.4) is 0 Å². The maximum atomic E-state index is 13.5. The van der Waals surface area contributed by atoms with Crippen LogP contribution in [0.2, 0.25) is 0 Å². The third-order valence-corrected chi connectivity index (χ3v) is 3.24. The first-order chi connectivity index (χ1) is 10.1. The molecule has 2 aromatic rings. The maximum Gasteiger partial charge on any atom is 0.248 e. The summed E-state index contributed by atoms with van der Waals surface area (Å²) in [4.78, 5) is 11.8. The molecule has 108 valence electrons. The first kappa shape index (κ1) is 15.4. The highest BCUT2D eigenvalue weighted by Crippen LogP contribution is 2.17. The van der Waals surface area contributed by atoms with Crippen molar-refractivity contribution in [1.29, 1.82) is 0 Å². The van der Waals surface area contributed by atoms with E-state index in [0.717, 1.165) is 4.47 Å². The molecule has 0 saturated heterocycles. The van der Waals surface area contributed by atoms with E-state index in [1.807, 2.05) is 0 Å². The van der Waals surface area contributed by atoms with Crippen LogP contribution in [0.1, 0.15) is 11.1 Å². The quantitative estimate of drug-likeness (QED) is 0.826. The van der Waals surface area contributed by atoms with Crippen molar-refractivity contribution in [2.75, 3.05) is 5.32 Å². The van der Waals surface area contributed by atoms with Crippen LogP contribution >= 0.6 is 15.9 Å². The van der Waals surface area contributed by atoms with Crippen molar-refractivity contribution in [3.8, 4) is 0 Å². The Morgan fingerprint density at radius 2 is 2.10 bits per heavy atom. The number of nitrogens with one attached hydrogen (secondary N) is 1. The van der Waals surface area contributed by atoms with Crippen molar-refractivity contribution in [1.82, 2.24) is 0 Å². The molecule has 0 saturated carbocycles. The first-order valence-corrected chi connectivity index (χ1v) is 7.01. The van der Waals surface area contributed by atoms with Crippen LogP contribution in [0.4, 0.5) is 10.1 Å². The molecule has 2 N–H and O–H groups in total. The number of anilines is 1. The highest BCUT2D eigenvalue weighted by Gasteiger charge is 2.02. The number of hydrogen-bond donors (Lipinski definition) is 2. The van der Waals surface area contributed by atoms with E-state index in [4.69, 9.17) is 5.11 Å². The van der Waals surface area contributed by atoms with Crippen LogP contribution in [0, 0.1) is 5.82 Å². The number of halogens is 2. The molecule has 0 aliphatic carbocycles. The molecule has 1 amide bonds. The number of aliphatic hydroxyl groups is 1. The van der Waals surface area contributed by atoms with Gasteiger partial charge in [0.2, 0.25) is 5.91 Å². The molecule has 21 heavy (non-hydrogen) atoms. The summed E-state index contributed by atoms with van der Waals surface area (Å²) in [6.07, 6.45) is 2.67. The molecular formula is C16H13BrFNO2. The van der Waals surface area contributed by atoms with E-state index in [0.29, 0.717) is 16.8 Å². The zero-order valence-electron chi connectivity index (χ0n) is 11.0. The van der Waals surface area contributed by atoms with Crippen LogP contribution in [0.5, 0.6) is 0 Å². The maximum absolute atomic E-state index is 13.5. The molecule has 0 unspecified atom stereocenters. The molecule has 2 aromatic carbocycles. The lowest BCUT2D eigenvalue weighted by molar-refractivity contribution is -0.111. The number of carbonyl (C=O) groups is 1. The van der Waals surface area contributed by atoms with Crippen LogP contribution in [0.25, 0.3) is 6.08 Å². The van der Waals surface area contributed by atoms with E-state index in [-0.39, 0.29) is 12.5 Å². The van der Waals surface area contributed by atoms with Crippen molar-refractivity contribution in [2.45, 2.75) is 6.61 Å². The summed E-state index contributed by atoms with van der Waals surface area (Å²) in [5.74, 6) is -0.769. The van der Waals surface area contributed by atoms with Gasteiger partial charge >= 0.3 is 0 Å². The number of benzene rings is 2. The Bertz CT molecular complexity index is 686. The number of carbonyl (C=O) groups excluding carboxylic acids is 1. The number of hydrogen-bond acceptors (Lipinski definition) is 2. The van der Waals surface area contributed by atoms with Gasteiger partial charge in [0.15, 0.2) is 0 Å². The predicted molar refractivity (Wildman–Crippen MR) is 84.1 cm³/mol. The molecule has 3 nitrogen and oxygen atoms in total. The van der Waals surface area contributed by atoms with E-state index in [1.54, 1.807) is 36.4 Å². The van der Waals surface area contributed by atoms with Crippen molar-refractivity contribution in [3.05, 3.63) is 70.0 Å². The Balaban J connectivity index is 2.07. The van der Waals surface area contributed by atoms with Gasteiger partial charge in [0, 0.05) is 21.8 Å². The number of aliphatic hydroxyl groups excluding tert-OH is 1. The molecule has 0 heterocycles. The monoisotopic (exact) mass is 349 g/mol. The van der Waals surface area contributed by atoms with E-state index in [9.17, 15) is 9.18 Å². The average molecular weight is 350 g/mol. The summed E-state index contributed by atoms with van der Waals surface area (Å²) in [6, 6.07) is 11.4. The SMILES string of the molecule is O=C(/C=C/c1cc(Br)ccc1F)Nc1cccc(CO)c1. The third kappa shape index (κ3) is 4.51. The molecule has 0 spiro atoms. The second kappa shape index (κ2) is 7.15. The zero-order valence-corrected chi connectivity index (χ0v) is 12.6. The fraction of sp³-hybridized carbons (Fsp3) is 0.0625. The van der Waals surface area contributed by atoms with Gasteiger partial charge in [-0.2, -0.15) is 0 Å². The molecule has 0 atom stereocenters. The van der Waals surface area contributed by atoms with Crippen LogP contribution in [-0.2, 0) is 11.4 Å². The highest BCUT2D eigenvalue weighted by molar-refractivity contribution is 9.10. The van der Waals surface area contributed by atoms with Gasteiger partial charge in [0.1, 0.15) is 5.82 Å². The minimum Gasteiger partial charge on any atom is -0.392 e. The molecule has 0 radical (unpaired) electrons.